The molecule has 0 aromatic heterocycles. The van der Waals surface area contributed by atoms with E-state index < -0.39 is 27.7 Å². The number of para-hydroxylation sites is 1. The van der Waals surface area contributed by atoms with Gasteiger partial charge >= 0.3 is 0 Å². The molecule has 2 amide bonds. The number of nitrogens with zero attached hydrogens (tertiary/aromatic N) is 1. The molecule has 0 radical (unpaired) electrons. The number of carbonyl (C=O) groups excluding carboxylic acids is 2. The maximum atomic E-state index is 13.8. The zero-order valence-electron chi connectivity index (χ0n) is 15.9. The summed E-state index contributed by atoms with van der Waals surface area (Å²) in [7, 11) is -3.79. The van der Waals surface area contributed by atoms with Crippen LogP contribution in [0.1, 0.15) is 19.8 Å². The van der Waals surface area contributed by atoms with Crippen LogP contribution in [0.5, 0.6) is 0 Å². The van der Waals surface area contributed by atoms with Crippen LogP contribution in [0.15, 0.2) is 53.4 Å². The molecule has 7 nitrogen and oxygen atoms in total. The second kappa shape index (κ2) is 8.71. The zero-order valence-corrected chi connectivity index (χ0v) is 16.7. The molecule has 0 saturated carbocycles. The molecule has 1 atom stereocenters. The molecule has 29 heavy (non-hydrogen) atoms. The highest BCUT2D eigenvalue weighted by molar-refractivity contribution is 7.89. The number of rotatable bonds is 5. The van der Waals surface area contributed by atoms with Gasteiger partial charge in [-0.1, -0.05) is 12.1 Å². The van der Waals surface area contributed by atoms with Gasteiger partial charge in [0.05, 0.1) is 16.5 Å². The molecule has 1 fully saturated rings. The Morgan fingerprint density at radius 2 is 1.76 bits per heavy atom. The Hall–Kier alpha value is -2.78. The lowest BCUT2D eigenvalue weighted by atomic mass is 9.98. The van der Waals surface area contributed by atoms with Gasteiger partial charge in [0.1, 0.15) is 5.82 Å². The number of hydrogen-bond donors (Lipinski definition) is 2. The van der Waals surface area contributed by atoms with Crippen molar-refractivity contribution in [2.45, 2.75) is 24.7 Å². The van der Waals surface area contributed by atoms with E-state index >= 15 is 0 Å². The van der Waals surface area contributed by atoms with Gasteiger partial charge in [0.25, 0.3) is 0 Å². The molecular weight excluding hydrogens is 397 g/mol. The fourth-order valence-electron chi connectivity index (χ4n) is 3.23. The number of carbonyl (C=O) groups is 2. The fourth-order valence-corrected chi connectivity index (χ4v) is 4.76. The van der Waals surface area contributed by atoms with Gasteiger partial charge in [-0.15, -0.1) is 0 Å². The Labute approximate surface area is 169 Å². The van der Waals surface area contributed by atoms with E-state index in [9.17, 15) is 22.4 Å². The maximum absolute atomic E-state index is 13.8. The molecule has 2 aromatic carbocycles. The van der Waals surface area contributed by atoms with Gasteiger partial charge in [0, 0.05) is 25.7 Å². The third kappa shape index (κ3) is 4.99. The minimum Gasteiger partial charge on any atom is -0.326 e. The molecule has 1 aliphatic rings. The number of nitrogens with one attached hydrogen (secondary N) is 2. The maximum Gasteiger partial charge on any atom is 0.243 e. The van der Waals surface area contributed by atoms with Crippen LogP contribution in [-0.2, 0) is 19.6 Å². The van der Waals surface area contributed by atoms with Gasteiger partial charge < -0.3 is 10.6 Å². The van der Waals surface area contributed by atoms with E-state index in [1.54, 1.807) is 6.07 Å². The van der Waals surface area contributed by atoms with Gasteiger partial charge in [-0.3, -0.25) is 9.59 Å². The lowest BCUT2D eigenvalue weighted by Gasteiger charge is -2.31. The molecular formula is C20H22FN3O4S. The quantitative estimate of drug-likeness (QED) is 0.779. The molecule has 2 N–H and O–H groups in total. The number of sulfonamides is 1. The number of anilines is 2. The summed E-state index contributed by atoms with van der Waals surface area (Å²) in [6.45, 7) is 1.69. The van der Waals surface area contributed by atoms with Crippen LogP contribution in [0.2, 0.25) is 0 Å². The second-order valence-electron chi connectivity index (χ2n) is 6.88. The van der Waals surface area contributed by atoms with Crippen molar-refractivity contribution >= 4 is 33.2 Å². The molecule has 1 heterocycles. The Balaban J connectivity index is 1.71. The highest BCUT2D eigenvalue weighted by Gasteiger charge is 2.33. The van der Waals surface area contributed by atoms with Crippen LogP contribution in [-0.4, -0.2) is 37.6 Å². The van der Waals surface area contributed by atoms with Crippen molar-refractivity contribution in [1.82, 2.24) is 4.31 Å². The van der Waals surface area contributed by atoms with Crippen LogP contribution in [0.3, 0.4) is 0 Å². The van der Waals surface area contributed by atoms with Gasteiger partial charge in [-0.25, -0.2) is 12.8 Å². The summed E-state index contributed by atoms with van der Waals surface area (Å²) in [6.07, 6.45) is 1.05. The van der Waals surface area contributed by atoms with Gasteiger partial charge in [-0.05, 0) is 49.2 Å². The molecule has 154 valence electrons. The molecule has 3 rings (SSSR count). The third-order valence-electron chi connectivity index (χ3n) is 4.70. The smallest absolute Gasteiger partial charge is 0.243 e. The minimum absolute atomic E-state index is 0.0239. The molecule has 1 saturated heterocycles. The average Bonchev–Trinajstić information content (AvgIpc) is 2.70. The number of amides is 2. The molecule has 0 aliphatic carbocycles. The summed E-state index contributed by atoms with van der Waals surface area (Å²) in [5, 5.41) is 5.12. The number of halogens is 1. The second-order valence-corrected chi connectivity index (χ2v) is 8.81. The number of piperidine rings is 1. The van der Waals surface area contributed by atoms with E-state index in [1.807, 2.05) is 0 Å². The molecule has 0 bridgehead atoms. The third-order valence-corrected chi connectivity index (χ3v) is 6.58. The Bertz CT molecular complexity index is 1010. The standard InChI is InChI=1S/C20H22FN3O4S/c1-14(25)22-16-8-10-17(11-9-16)29(27,28)24-12-4-5-15(13-24)20(26)23-19-7-3-2-6-18(19)21/h2-3,6-11,15H,4-5,12-13H2,1H3,(H,22,25)(H,23,26)/t15-/m0/s1. The van der Waals surface area contributed by atoms with Crippen molar-refractivity contribution in [3.05, 3.63) is 54.3 Å². The summed E-state index contributed by atoms with van der Waals surface area (Å²) in [6, 6.07) is 11.7. The van der Waals surface area contributed by atoms with E-state index in [-0.39, 0.29) is 23.0 Å². The van der Waals surface area contributed by atoms with Crippen molar-refractivity contribution in [2.75, 3.05) is 23.7 Å². The van der Waals surface area contributed by atoms with Crippen LogP contribution >= 0.6 is 0 Å². The SMILES string of the molecule is CC(=O)Nc1ccc(S(=O)(=O)N2CCC[C@H](C(=O)Nc3ccccc3F)C2)cc1. The highest BCUT2D eigenvalue weighted by Crippen LogP contribution is 2.26. The van der Waals surface area contributed by atoms with E-state index in [1.165, 1.54) is 53.7 Å². The fraction of sp³-hybridized carbons (Fsp3) is 0.300. The summed E-state index contributed by atoms with van der Waals surface area (Å²) >= 11 is 0. The predicted molar refractivity (Wildman–Crippen MR) is 107 cm³/mol. The normalized spacial score (nSPS) is 17.5. The van der Waals surface area contributed by atoms with Gasteiger partial charge in [-0.2, -0.15) is 4.31 Å². The summed E-state index contributed by atoms with van der Waals surface area (Å²) < 4.78 is 40.9. The Kier molecular flexibility index (Phi) is 6.29. The monoisotopic (exact) mass is 419 g/mol. The van der Waals surface area contributed by atoms with Crippen LogP contribution in [0.25, 0.3) is 0 Å². The van der Waals surface area contributed by atoms with Crippen LogP contribution < -0.4 is 10.6 Å². The van der Waals surface area contributed by atoms with Crippen molar-refractivity contribution in [3.63, 3.8) is 0 Å². The van der Waals surface area contributed by atoms with Crippen molar-refractivity contribution in [1.29, 1.82) is 0 Å². The summed E-state index contributed by atoms with van der Waals surface area (Å²) in [5.74, 6) is -1.77. The zero-order chi connectivity index (χ0) is 21.0. The van der Waals surface area contributed by atoms with Crippen molar-refractivity contribution in [3.8, 4) is 0 Å². The van der Waals surface area contributed by atoms with Crippen LogP contribution in [0.4, 0.5) is 15.8 Å². The lowest BCUT2D eigenvalue weighted by molar-refractivity contribution is -0.121. The van der Waals surface area contributed by atoms with Gasteiger partial charge in [0.15, 0.2) is 0 Å². The first-order valence-electron chi connectivity index (χ1n) is 9.20. The Morgan fingerprint density at radius 1 is 1.07 bits per heavy atom. The van der Waals surface area contributed by atoms with Crippen LogP contribution in [0, 0.1) is 11.7 Å². The minimum atomic E-state index is -3.79. The Morgan fingerprint density at radius 3 is 2.41 bits per heavy atom. The van der Waals surface area contributed by atoms with Crippen molar-refractivity contribution in [2.24, 2.45) is 5.92 Å². The highest BCUT2D eigenvalue weighted by atomic mass is 32.2. The van der Waals surface area contributed by atoms with Crippen molar-refractivity contribution < 1.29 is 22.4 Å². The first-order chi connectivity index (χ1) is 13.8. The van der Waals surface area contributed by atoms with Gasteiger partial charge in [0.2, 0.25) is 21.8 Å². The molecule has 2 aromatic rings. The average molecular weight is 419 g/mol. The molecule has 1 aliphatic heterocycles. The molecule has 9 heteroatoms. The van der Waals surface area contributed by atoms with E-state index in [2.05, 4.69) is 10.6 Å². The summed E-state index contributed by atoms with van der Waals surface area (Å²) in [4.78, 5) is 23.7. The molecule has 0 spiro atoms. The topological polar surface area (TPSA) is 95.6 Å². The van der Waals surface area contributed by atoms with E-state index in [4.69, 9.17) is 0 Å². The first kappa shape index (κ1) is 20.9. The number of benzene rings is 2. The van der Waals surface area contributed by atoms with E-state index in [0.29, 0.717) is 25.1 Å². The predicted octanol–water partition coefficient (Wildman–Crippen LogP) is 2.82. The summed E-state index contributed by atoms with van der Waals surface area (Å²) in [5.41, 5.74) is 0.572. The number of hydrogen-bond acceptors (Lipinski definition) is 4. The van der Waals surface area contributed by atoms with E-state index in [0.717, 1.165) is 0 Å². The first-order valence-corrected chi connectivity index (χ1v) is 10.6. The largest absolute Gasteiger partial charge is 0.326 e. The molecule has 0 unspecified atom stereocenters. The lowest BCUT2D eigenvalue weighted by Crippen LogP contribution is -2.43.